The first-order valence-electron chi connectivity index (χ1n) is 12.8. The zero-order valence-electron chi connectivity index (χ0n) is 22.1. The Labute approximate surface area is 225 Å². The summed E-state index contributed by atoms with van der Waals surface area (Å²) >= 11 is 0. The lowest BCUT2D eigenvalue weighted by atomic mass is 10.1. The van der Waals surface area contributed by atoms with Gasteiger partial charge in [-0.25, -0.2) is 4.79 Å². The van der Waals surface area contributed by atoms with Crippen molar-refractivity contribution in [2.24, 2.45) is 13.0 Å². The van der Waals surface area contributed by atoms with Crippen molar-refractivity contribution in [2.75, 3.05) is 0 Å². The lowest BCUT2D eigenvalue weighted by Gasteiger charge is -2.11. The van der Waals surface area contributed by atoms with Gasteiger partial charge in [0.25, 0.3) is 5.56 Å². The van der Waals surface area contributed by atoms with Crippen LogP contribution in [-0.2, 0) is 20.1 Å². The second-order valence-electron chi connectivity index (χ2n) is 9.87. The SMILES string of the molecule is CC(C)Cn1c(=O)n(C)c(=O)c2c(-c3ccncc3)n(Cc3cccc(C#CC(O)c4ccccc4)c3)nc21. The molecule has 196 valence electrons. The molecule has 0 aliphatic rings. The van der Waals surface area contributed by atoms with Crippen molar-refractivity contribution in [1.29, 1.82) is 0 Å². The predicted molar refractivity (Wildman–Crippen MR) is 151 cm³/mol. The molecule has 8 nitrogen and oxygen atoms in total. The molecule has 5 rings (SSSR count). The highest BCUT2D eigenvalue weighted by Gasteiger charge is 2.22. The fourth-order valence-corrected chi connectivity index (χ4v) is 4.60. The Bertz CT molecular complexity index is 1810. The van der Waals surface area contributed by atoms with Gasteiger partial charge in [-0.05, 0) is 41.3 Å². The molecule has 0 radical (unpaired) electrons. The number of fused-ring (bicyclic) bond motifs is 1. The van der Waals surface area contributed by atoms with Gasteiger partial charge in [-0.2, -0.15) is 5.10 Å². The quantitative estimate of drug-likeness (QED) is 0.345. The molecule has 1 unspecified atom stereocenters. The second kappa shape index (κ2) is 10.9. The molecule has 1 N–H and O–H groups in total. The third-order valence-corrected chi connectivity index (χ3v) is 6.46. The monoisotopic (exact) mass is 519 g/mol. The number of hydrogen-bond acceptors (Lipinski definition) is 5. The summed E-state index contributed by atoms with van der Waals surface area (Å²) in [6, 6.07) is 20.6. The fraction of sp³-hybridized carbons (Fsp3) is 0.226. The Balaban J connectivity index is 1.61. The molecule has 5 aromatic rings. The van der Waals surface area contributed by atoms with Crippen LogP contribution in [0.2, 0.25) is 0 Å². The molecule has 0 spiro atoms. The smallest absolute Gasteiger partial charge is 0.332 e. The average Bonchev–Trinajstić information content (AvgIpc) is 3.32. The predicted octanol–water partition coefficient (Wildman–Crippen LogP) is 3.75. The van der Waals surface area contributed by atoms with Crippen LogP contribution in [0.15, 0.2) is 88.7 Å². The average molecular weight is 520 g/mol. The van der Waals surface area contributed by atoms with Crippen LogP contribution in [0.5, 0.6) is 0 Å². The number of aliphatic hydroxyl groups excluding tert-OH is 1. The molecule has 1 atom stereocenters. The Morgan fingerprint density at radius 1 is 0.974 bits per heavy atom. The van der Waals surface area contributed by atoms with Gasteiger partial charge >= 0.3 is 5.69 Å². The van der Waals surface area contributed by atoms with E-state index in [0.717, 1.165) is 26.8 Å². The highest BCUT2D eigenvalue weighted by Crippen LogP contribution is 2.27. The molecule has 2 aromatic carbocycles. The third kappa shape index (κ3) is 5.31. The molecule has 8 heteroatoms. The number of benzene rings is 2. The number of aromatic nitrogens is 5. The minimum absolute atomic E-state index is 0.180. The number of pyridine rings is 1. The summed E-state index contributed by atoms with van der Waals surface area (Å²) in [4.78, 5) is 30.6. The first-order valence-corrected chi connectivity index (χ1v) is 12.8. The molecule has 0 aliphatic carbocycles. The van der Waals surface area contributed by atoms with Crippen molar-refractivity contribution in [3.63, 3.8) is 0 Å². The molecule has 0 amide bonds. The van der Waals surface area contributed by atoms with Gasteiger partial charge in [-0.15, -0.1) is 0 Å². The Kier molecular flexibility index (Phi) is 7.26. The topological polar surface area (TPSA) is 94.9 Å². The van der Waals surface area contributed by atoms with Crippen molar-refractivity contribution in [1.82, 2.24) is 23.9 Å². The van der Waals surface area contributed by atoms with E-state index in [2.05, 4.69) is 16.8 Å². The normalized spacial score (nSPS) is 11.9. The van der Waals surface area contributed by atoms with Crippen molar-refractivity contribution >= 4 is 11.0 Å². The van der Waals surface area contributed by atoms with E-state index in [-0.39, 0.29) is 17.2 Å². The molecular formula is C31H29N5O3. The molecule has 3 aromatic heterocycles. The van der Waals surface area contributed by atoms with Crippen LogP contribution in [0.25, 0.3) is 22.3 Å². The fourth-order valence-electron chi connectivity index (χ4n) is 4.60. The molecule has 0 saturated carbocycles. The summed E-state index contributed by atoms with van der Waals surface area (Å²) in [6.07, 6.45) is 2.45. The highest BCUT2D eigenvalue weighted by molar-refractivity contribution is 5.90. The van der Waals surface area contributed by atoms with Gasteiger partial charge < -0.3 is 5.11 Å². The van der Waals surface area contributed by atoms with Crippen molar-refractivity contribution in [3.05, 3.63) is 117 Å². The van der Waals surface area contributed by atoms with Crippen LogP contribution in [0.1, 0.15) is 36.6 Å². The van der Waals surface area contributed by atoms with Crippen LogP contribution in [-0.4, -0.2) is 29.0 Å². The van der Waals surface area contributed by atoms with E-state index >= 15 is 0 Å². The first kappa shape index (κ1) is 25.9. The second-order valence-corrected chi connectivity index (χ2v) is 9.87. The molecular weight excluding hydrogens is 490 g/mol. The van der Waals surface area contributed by atoms with Crippen LogP contribution >= 0.6 is 0 Å². The third-order valence-electron chi connectivity index (χ3n) is 6.46. The Morgan fingerprint density at radius 2 is 1.72 bits per heavy atom. The standard InChI is InChI=1S/C31H29N5O3/c1-21(2)19-35-29-27(30(38)34(3)31(35)39)28(25-14-16-32-17-15-25)36(33-29)20-23-9-7-8-22(18-23)12-13-26(37)24-10-5-4-6-11-24/h4-11,14-18,21,26,37H,19-20H2,1-3H3. The number of hydrogen-bond donors (Lipinski definition) is 1. The van der Waals surface area contributed by atoms with Gasteiger partial charge in [0.1, 0.15) is 11.5 Å². The van der Waals surface area contributed by atoms with Gasteiger partial charge in [-0.1, -0.05) is 68.2 Å². The van der Waals surface area contributed by atoms with Crippen molar-refractivity contribution < 1.29 is 5.11 Å². The zero-order valence-corrected chi connectivity index (χ0v) is 22.1. The Hall–Kier alpha value is -4.74. The number of rotatable bonds is 6. The highest BCUT2D eigenvalue weighted by atomic mass is 16.3. The molecule has 0 aliphatic heterocycles. The molecule has 3 heterocycles. The summed E-state index contributed by atoms with van der Waals surface area (Å²) in [7, 11) is 1.50. The molecule has 39 heavy (non-hydrogen) atoms. The largest absolute Gasteiger partial charge is 0.376 e. The Morgan fingerprint density at radius 3 is 2.44 bits per heavy atom. The minimum Gasteiger partial charge on any atom is -0.376 e. The van der Waals surface area contributed by atoms with E-state index in [1.54, 1.807) is 21.6 Å². The summed E-state index contributed by atoms with van der Waals surface area (Å²) in [5, 5.41) is 15.6. The summed E-state index contributed by atoms with van der Waals surface area (Å²) in [5.41, 5.74) is 3.39. The van der Waals surface area contributed by atoms with Gasteiger partial charge in [0.15, 0.2) is 5.65 Å². The lowest BCUT2D eigenvalue weighted by molar-refractivity contribution is 0.238. The van der Waals surface area contributed by atoms with E-state index in [1.165, 1.54) is 7.05 Å². The van der Waals surface area contributed by atoms with E-state index in [0.29, 0.717) is 29.8 Å². The van der Waals surface area contributed by atoms with E-state index in [9.17, 15) is 14.7 Å². The van der Waals surface area contributed by atoms with Gasteiger partial charge in [0, 0.05) is 37.1 Å². The lowest BCUT2D eigenvalue weighted by Crippen LogP contribution is -2.38. The van der Waals surface area contributed by atoms with Crippen LogP contribution in [0.3, 0.4) is 0 Å². The summed E-state index contributed by atoms with van der Waals surface area (Å²) in [5.74, 6) is 6.14. The summed E-state index contributed by atoms with van der Waals surface area (Å²) < 4.78 is 4.49. The van der Waals surface area contributed by atoms with Crippen LogP contribution in [0, 0.1) is 17.8 Å². The zero-order chi connectivity index (χ0) is 27.5. The maximum Gasteiger partial charge on any atom is 0.332 e. The van der Waals surface area contributed by atoms with E-state index in [1.807, 2.05) is 80.6 Å². The maximum absolute atomic E-state index is 13.4. The molecule has 0 saturated heterocycles. The van der Waals surface area contributed by atoms with E-state index in [4.69, 9.17) is 5.10 Å². The molecule has 0 fully saturated rings. The van der Waals surface area contributed by atoms with Gasteiger partial charge in [-0.3, -0.25) is 23.6 Å². The van der Waals surface area contributed by atoms with E-state index < -0.39 is 6.10 Å². The summed E-state index contributed by atoms with van der Waals surface area (Å²) in [6.45, 7) is 4.82. The van der Waals surface area contributed by atoms with Crippen LogP contribution < -0.4 is 11.2 Å². The number of nitrogens with zero attached hydrogens (tertiary/aromatic N) is 5. The van der Waals surface area contributed by atoms with Crippen molar-refractivity contribution in [2.45, 2.75) is 33.0 Å². The number of aliphatic hydroxyl groups is 1. The van der Waals surface area contributed by atoms with Crippen molar-refractivity contribution in [3.8, 4) is 23.1 Å². The maximum atomic E-state index is 13.4. The van der Waals surface area contributed by atoms with Gasteiger partial charge in [0.2, 0.25) is 0 Å². The van der Waals surface area contributed by atoms with Gasteiger partial charge in [0.05, 0.1) is 12.2 Å². The minimum atomic E-state index is -0.890. The first-order chi connectivity index (χ1) is 18.8. The molecule has 0 bridgehead atoms. The van der Waals surface area contributed by atoms with Crippen LogP contribution in [0.4, 0.5) is 0 Å².